The summed E-state index contributed by atoms with van der Waals surface area (Å²) in [4.78, 5) is 0. The van der Waals surface area contributed by atoms with E-state index in [2.05, 4.69) is 48.4 Å². The largest absolute Gasteiger partial charge is 0.120 e. The highest BCUT2D eigenvalue weighted by Gasteiger charge is 2.19. The Morgan fingerprint density at radius 2 is 1.81 bits per heavy atom. The van der Waals surface area contributed by atoms with E-state index in [-0.39, 0.29) is 0 Å². The topological polar surface area (TPSA) is 0 Å². The quantitative estimate of drug-likeness (QED) is 0.533. The van der Waals surface area contributed by atoms with E-state index in [1.165, 1.54) is 27.8 Å². The van der Waals surface area contributed by atoms with Crippen LogP contribution >= 0.6 is 0 Å². The van der Waals surface area contributed by atoms with Gasteiger partial charge in [0.2, 0.25) is 0 Å². The fraction of sp³-hybridized carbons (Fsp3) is 0.125. The second kappa shape index (κ2) is 3.54. The highest BCUT2D eigenvalue weighted by atomic mass is 14.2. The van der Waals surface area contributed by atoms with E-state index in [0.717, 1.165) is 12.8 Å². The molecule has 0 N–H and O–H groups in total. The maximum absolute atomic E-state index is 5.41. The Labute approximate surface area is 95.9 Å². The number of rotatable bonds is 1. The highest BCUT2D eigenvalue weighted by Crippen LogP contribution is 2.37. The first kappa shape index (κ1) is 9.24. The Balaban J connectivity index is 2.20. The van der Waals surface area contributed by atoms with Gasteiger partial charge in [0.25, 0.3) is 0 Å². The average Bonchev–Trinajstić information content (AvgIpc) is 2.69. The zero-order valence-electron chi connectivity index (χ0n) is 9.03. The van der Waals surface area contributed by atoms with E-state index < -0.39 is 0 Å². The van der Waals surface area contributed by atoms with Gasteiger partial charge in [-0.2, -0.15) is 0 Å². The number of benzene rings is 2. The summed E-state index contributed by atoms with van der Waals surface area (Å²) in [7, 11) is 0. The summed E-state index contributed by atoms with van der Waals surface area (Å²) < 4.78 is 0. The number of terminal acetylenes is 1. The summed E-state index contributed by atoms with van der Waals surface area (Å²) in [5, 5.41) is 0. The molecule has 0 heterocycles. The Morgan fingerprint density at radius 1 is 1.00 bits per heavy atom. The van der Waals surface area contributed by atoms with E-state index in [1.54, 1.807) is 0 Å². The molecule has 0 nitrogen and oxygen atoms in total. The lowest BCUT2D eigenvalue weighted by Crippen LogP contribution is -1.90. The van der Waals surface area contributed by atoms with Crippen LogP contribution in [0.15, 0.2) is 42.5 Å². The minimum absolute atomic E-state index is 0.733. The van der Waals surface area contributed by atoms with Gasteiger partial charge in [0.05, 0.1) is 0 Å². The van der Waals surface area contributed by atoms with Gasteiger partial charge >= 0.3 is 0 Å². The molecule has 76 valence electrons. The van der Waals surface area contributed by atoms with Crippen molar-refractivity contribution in [1.29, 1.82) is 0 Å². The van der Waals surface area contributed by atoms with Crippen molar-refractivity contribution in [2.45, 2.75) is 12.8 Å². The average molecular weight is 204 g/mol. The predicted molar refractivity (Wildman–Crippen MR) is 67.2 cm³/mol. The lowest BCUT2D eigenvalue weighted by molar-refractivity contribution is 1.18. The Hall–Kier alpha value is -2.00. The van der Waals surface area contributed by atoms with Crippen molar-refractivity contribution < 1.29 is 0 Å². The van der Waals surface area contributed by atoms with Crippen LogP contribution in [-0.2, 0) is 12.8 Å². The molecular weight excluding hydrogens is 192 g/mol. The monoisotopic (exact) mass is 204 g/mol. The van der Waals surface area contributed by atoms with E-state index in [9.17, 15) is 0 Å². The third kappa shape index (κ3) is 1.26. The number of fused-ring (bicyclic) bond motifs is 3. The summed E-state index contributed by atoms with van der Waals surface area (Å²) in [6.45, 7) is 0. The van der Waals surface area contributed by atoms with Gasteiger partial charge in [-0.15, -0.1) is 12.3 Å². The van der Waals surface area contributed by atoms with Gasteiger partial charge < -0.3 is 0 Å². The maximum atomic E-state index is 5.41. The minimum Gasteiger partial charge on any atom is -0.120 e. The molecular formula is C16H12. The molecule has 0 amide bonds. The van der Waals surface area contributed by atoms with Crippen molar-refractivity contribution in [2.75, 3.05) is 0 Å². The molecule has 0 spiro atoms. The molecule has 2 aromatic carbocycles. The van der Waals surface area contributed by atoms with Crippen molar-refractivity contribution >= 4 is 0 Å². The first-order valence-electron chi connectivity index (χ1n) is 5.52. The van der Waals surface area contributed by atoms with Crippen molar-refractivity contribution in [3.05, 3.63) is 59.2 Å². The van der Waals surface area contributed by atoms with Gasteiger partial charge in [-0.3, -0.25) is 0 Å². The predicted octanol–water partition coefficient (Wildman–Crippen LogP) is 3.43. The molecule has 2 aromatic rings. The molecule has 1 aliphatic carbocycles. The van der Waals surface area contributed by atoms with Crippen LogP contribution in [0.5, 0.6) is 0 Å². The molecule has 0 atom stereocenters. The molecule has 0 unspecified atom stereocenters. The third-order valence-corrected chi connectivity index (χ3v) is 3.24. The molecule has 3 rings (SSSR count). The Morgan fingerprint density at radius 3 is 2.69 bits per heavy atom. The second-order valence-electron chi connectivity index (χ2n) is 4.16. The Bertz CT molecular complexity index is 585. The molecule has 16 heavy (non-hydrogen) atoms. The fourth-order valence-corrected chi connectivity index (χ4v) is 2.50. The van der Waals surface area contributed by atoms with Crippen LogP contribution in [0.4, 0.5) is 0 Å². The molecule has 0 radical (unpaired) electrons. The lowest BCUT2D eigenvalue weighted by Gasteiger charge is -2.04. The zero-order valence-corrected chi connectivity index (χ0v) is 9.03. The van der Waals surface area contributed by atoms with Crippen LogP contribution in [0.1, 0.15) is 16.7 Å². The SMILES string of the molecule is C#CCc1cccc2c1Cc1ccccc1-2. The van der Waals surface area contributed by atoms with Crippen molar-refractivity contribution in [1.82, 2.24) is 0 Å². The lowest BCUT2D eigenvalue weighted by atomic mass is 9.99. The fourth-order valence-electron chi connectivity index (χ4n) is 2.50. The van der Waals surface area contributed by atoms with E-state index in [1.807, 2.05) is 0 Å². The molecule has 0 fully saturated rings. The van der Waals surface area contributed by atoms with Crippen LogP contribution in [0.2, 0.25) is 0 Å². The van der Waals surface area contributed by atoms with E-state index in [0.29, 0.717) is 0 Å². The van der Waals surface area contributed by atoms with Gasteiger partial charge in [-0.1, -0.05) is 42.5 Å². The van der Waals surface area contributed by atoms with Gasteiger partial charge in [0, 0.05) is 6.42 Å². The smallest absolute Gasteiger partial charge is 0.0340 e. The van der Waals surface area contributed by atoms with E-state index >= 15 is 0 Å². The molecule has 1 aliphatic rings. The van der Waals surface area contributed by atoms with Gasteiger partial charge in [-0.05, 0) is 34.2 Å². The minimum atomic E-state index is 0.733. The van der Waals surface area contributed by atoms with Gasteiger partial charge in [-0.25, -0.2) is 0 Å². The molecule has 0 aliphatic heterocycles. The summed E-state index contributed by atoms with van der Waals surface area (Å²) in [6.07, 6.45) is 7.17. The summed E-state index contributed by atoms with van der Waals surface area (Å²) >= 11 is 0. The first-order valence-corrected chi connectivity index (χ1v) is 5.52. The van der Waals surface area contributed by atoms with Gasteiger partial charge in [0.1, 0.15) is 0 Å². The van der Waals surface area contributed by atoms with Crippen LogP contribution in [-0.4, -0.2) is 0 Å². The molecule has 0 aromatic heterocycles. The van der Waals surface area contributed by atoms with Crippen LogP contribution < -0.4 is 0 Å². The van der Waals surface area contributed by atoms with Crippen molar-refractivity contribution in [2.24, 2.45) is 0 Å². The molecule has 0 heteroatoms. The Kier molecular flexibility index (Phi) is 2.04. The van der Waals surface area contributed by atoms with Crippen LogP contribution in [0, 0.1) is 12.3 Å². The first-order chi connectivity index (χ1) is 7.90. The molecule has 0 saturated carbocycles. The molecule has 0 bridgehead atoms. The van der Waals surface area contributed by atoms with Crippen LogP contribution in [0.3, 0.4) is 0 Å². The number of hydrogen-bond donors (Lipinski definition) is 0. The zero-order chi connectivity index (χ0) is 11.0. The standard InChI is InChI=1S/C16H12/c1-2-6-12-8-5-10-15-14-9-4-3-7-13(14)11-16(12)15/h1,3-5,7-10H,6,11H2. The summed E-state index contributed by atoms with van der Waals surface area (Å²) in [5.41, 5.74) is 6.87. The highest BCUT2D eigenvalue weighted by molar-refractivity contribution is 5.77. The summed E-state index contributed by atoms with van der Waals surface area (Å²) in [6, 6.07) is 15.0. The van der Waals surface area contributed by atoms with Crippen molar-refractivity contribution in [3.63, 3.8) is 0 Å². The van der Waals surface area contributed by atoms with Crippen molar-refractivity contribution in [3.8, 4) is 23.5 Å². The second-order valence-corrected chi connectivity index (χ2v) is 4.16. The van der Waals surface area contributed by atoms with E-state index in [4.69, 9.17) is 6.42 Å². The number of hydrogen-bond acceptors (Lipinski definition) is 0. The maximum Gasteiger partial charge on any atom is 0.0340 e. The molecule has 0 saturated heterocycles. The third-order valence-electron chi connectivity index (χ3n) is 3.24. The van der Waals surface area contributed by atoms with Gasteiger partial charge in [0.15, 0.2) is 0 Å². The van der Waals surface area contributed by atoms with Crippen LogP contribution in [0.25, 0.3) is 11.1 Å². The summed E-state index contributed by atoms with van der Waals surface area (Å²) in [5.74, 6) is 2.74. The normalized spacial score (nSPS) is 11.7.